The van der Waals surface area contributed by atoms with Crippen molar-refractivity contribution in [3.63, 3.8) is 0 Å². The zero-order chi connectivity index (χ0) is 24.7. The number of hydrogen-bond donors (Lipinski definition) is 3. The minimum absolute atomic E-state index is 0.124. The number of anilines is 1. The molecule has 0 unspecified atom stereocenters. The summed E-state index contributed by atoms with van der Waals surface area (Å²) in [5, 5.41) is 18.9. The van der Waals surface area contributed by atoms with E-state index in [0.29, 0.717) is 16.8 Å². The van der Waals surface area contributed by atoms with Gasteiger partial charge in [0, 0.05) is 47.1 Å². The summed E-state index contributed by atoms with van der Waals surface area (Å²) >= 11 is 0. The van der Waals surface area contributed by atoms with E-state index in [0.717, 1.165) is 0 Å². The van der Waals surface area contributed by atoms with E-state index < -0.39 is 22.6 Å². The molecule has 10 heteroatoms. The molecule has 3 N–H and O–H groups in total. The van der Waals surface area contributed by atoms with Gasteiger partial charge in [-0.1, -0.05) is 6.07 Å². The first-order valence-electron chi connectivity index (χ1n) is 10.2. The van der Waals surface area contributed by atoms with E-state index in [4.69, 9.17) is 0 Å². The highest BCUT2D eigenvalue weighted by atomic mass is 19.1. The number of amides is 3. The molecule has 0 fully saturated rings. The van der Waals surface area contributed by atoms with Crippen LogP contribution in [0, 0.1) is 22.9 Å². The summed E-state index contributed by atoms with van der Waals surface area (Å²) < 4.78 is 13.0. The fraction of sp³-hybridized carbons (Fsp3) is 0.125. The first kappa shape index (κ1) is 24.1. The molecule has 3 rings (SSSR count). The molecule has 0 heterocycles. The summed E-state index contributed by atoms with van der Waals surface area (Å²) in [6.07, 6.45) is 0. The third-order valence-corrected chi connectivity index (χ3v) is 4.95. The van der Waals surface area contributed by atoms with Crippen LogP contribution in [-0.4, -0.2) is 35.7 Å². The van der Waals surface area contributed by atoms with Crippen LogP contribution in [0.2, 0.25) is 0 Å². The number of nitrogens with one attached hydrogen (secondary N) is 3. The Bertz CT molecular complexity index is 1230. The fourth-order valence-corrected chi connectivity index (χ4v) is 3.13. The molecule has 0 bridgehead atoms. The molecule has 0 saturated heterocycles. The van der Waals surface area contributed by atoms with Crippen LogP contribution in [0.5, 0.6) is 0 Å². The Morgan fingerprint density at radius 1 is 0.824 bits per heavy atom. The predicted octanol–water partition coefficient (Wildman–Crippen LogP) is 3.45. The average Bonchev–Trinajstić information content (AvgIpc) is 2.82. The van der Waals surface area contributed by atoms with Crippen molar-refractivity contribution in [3.8, 4) is 0 Å². The second kappa shape index (κ2) is 10.8. The van der Waals surface area contributed by atoms with Crippen LogP contribution in [0.4, 0.5) is 15.8 Å². The van der Waals surface area contributed by atoms with Gasteiger partial charge in [-0.3, -0.25) is 24.5 Å². The molecule has 0 aliphatic heterocycles. The Kier molecular flexibility index (Phi) is 7.65. The van der Waals surface area contributed by atoms with Gasteiger partial charge in [-0.15, -0.1) is 0 Å². The number of nitrogens with zero attached hydrogens (tertiary/aromatic N) is 1. The summed E-state index contributed by atoms with van der Waals surface area (Å²) in [5.74, 6) is -1.70. The zero-order valence-corrected chi connectivity index (χ0v) is 18.1. The number of rotatable bonds is 8. The van der Waals surface area contributed by atoms with Crippen molar-refractivity contribution in [2.45, 2.75) is 6.92 Å². The Labute approximate surface area is 194 Å². The van der Waals surface area contributed by atoms with E-state index in [1.165, 1.54) is 61.5 Å². The summed E-state index contributed by atoms with van der Waals surface area (Å²) in [7, 11) is 0. The SMILES string of the molecule is Cc1c(C(=O)NCCNC(=O)c2ccc(NC(=O)c3ccc(F)cc3)cc2)cccc1[N+](=O)[O-]. The zero-order valence-electron chi connectivity index (χ0n) is 18.1. The van der Waals surface area contributed by atoms with Crippen molar-refractivity contribution in [3.05, 3.63) is 105 Å². The van der Waals surface area contributed by atoms with Gasteiger partial charge in [0.05, 0.1) is 4.92 Å². The quantitative estimate of drug-likeness (QED) is 0.267. The molecule has 0 spiro atoms. The van der Waals surface area contributed by atoms with Gasteiger partial charge in [0.15, 0.2) is 0 Å². The number of nitro benzene ring substituents is 1. The molecular formula is C24H21FN4O5. The van der Waals surface area contributed by atoms with Gasteiger partial charge in [0.2, 0.25) is 0 Å². The maximum atomic E-state index is 13.0. The predicted molar refractivity (Wildman–Crippen MR) is 123 cm³/mol. The van der Waals surface area contributed by atoms with Crippen LogP contribution in [0.15, 0.2) is 66.7 Å². The fourth-order valence-electron chi connectivity index (χ4n) is 3.13. The van der Waals surface area contributed by atoms with Crippen molar-refractivity contribution in [2.75, 3.05) is 18.4 Å². The van der Waals surface area contributed by atoms with Crippen LogP contribution in [0.1, 0.15) is 36.6 Å². The summed E-state index contributed by atoms with van der Waals surface area (Å²) in [5.41, 5.74) is 1.43. The maximum absolute atomic E-state index is 13.0. The van der Waals surface area contributed by atoms with Crippen LogP contribution < -0.4 is 16.0 Å². The van der Waals surface area contributed by atoms with Crippen molar-refractivity contribution in [1.82, 2.24) is 10.6 Å². The Morgan fingerprint density at radius 3 is 2.00 bits per heavy atom. The third kappa shape index (κ3) is 6.00. The number of hydrogen-bond acceptors (Lipinski definition) is 5. The molecule has 3 amide bonds. The van der Waals surface area contributed by atoms with Gasteiger partial charge in [-0.2, -0.15) is 0 Å². The van der Waals surface area contributed by atoms with E-state index >= 15 is 0 Å². The minimum Gasteiger partial charge on any atom is -0.350 e. The lowest BCUT2D eigenvalue weighted by Gasteiger charge is -2.10. The number of nitro groups is 1. The topological polar surface area (TPSA) is 130 Å². The van der Waals surface area contributed by atoms with E-state index in [2.05, 4.69) is 16.0 Å². The minimum atomic E-state index is -0.550. The lowest BCUT2D eigenvalue weighted by molar-refractivity contribution is -0.385. The monoisotopic (exact) mass is 464 g/mol. The molecule has 3 aromatic carbocycles. The van der Waals surface area contributed by atoms with E-state index in [1.54, 1.807) is 12.1 Å². The number of halogens is 1. The molecule has 34 heavy (non-hydrogen) atoms. The van der Waals surface area contributed by atoms with Gasteiger partial charge in [0.1, 0.15) is 5.82 Å². The third-order valence-electron chi connectivity index (χ3n) is 4.95. The Hall–Kier alpha value is -4.60. The lowest BCUT2D eigenvalue weighted by Crippen LogP contribution is -2.35. The van der Waals surface area contributed by atoms with E-state index in [-0.39, 0.29) is 35.8 Å². The van der Waals surface area contributed by atoms with Crippen molar-refractivity contribution in [1.29, 1.82) is 0 Å². The molecule has 0 aliphatic rings. The van der Waals surface area contributed by atoms with Crippen molar-refractivity contribution >= 4 is 29.1 Å². The van der Waals surface area contributed by atoms with Crippen LogP contribution >= 0.6 is 0 Å². The average molecular weight is 464 g/mol. The highest BCUT2D eigenvalue weighted by Gasteiger charge is 2.17. The Morgan fingerprint density at radius 2 is 1.38 bits per heavy atom. The number of benzene rings is 3. The molecule has 0 saturated carbocycles. The largest absolute Gasteiger partial charge is 0.350 e. The standard InChI is InChI=1S/C24H21FN4O5/c1-15-20(3-2-4-21(15)29(33)34)24(32)27-14-13-26-22(30)16-7-11-19(12-8-16)28-23(31)17-5-9-18(25)10-6-17/h2-12H,13-14H2,1H3,(H,26,30)(H,27,32)(H,28,31). The van der Waals surface area contributed by atoms with E-state index in [9.17, 15) is 28.9 Å². The molecule has 0 atom stereocenters. The molecule has 9 nitrogen and oxygen atoms in total. The van der Waals surface area contributed by atoms with Crippen molar-refractivity contribution < 1.29 is 23.7 Å². The molecule has 174 valence electrons. The molecule has 0 radical (unpaired) electrons. The number of carbonyl (C=O) groups is 3. The number of carbonyl (C=O) groups excluding carboxylic acids is 3. The van der Waals surface area contributed by atoms with Gasteiger partial charge in [-0.05, 0) is 61.5 Å². The summed E-state index contributed by atoms with van der Waals surface area (Å²) in [6, 6.07) is 15.5. The first-order chi connectivity index (χ1) is 16.3. The summed E-state index contributed by atoms with van der Waals surface area (Å²) in [4.78, 5) is 47.2. The van der Waals surface area contributed by atoms with Gasteiger partial charge < -0.3 is 16.0 Å². The first-order valence-corrected chi connectivity index (χ1v) is 10.2. The van der Waals surface area contributed by atoms with Crippen molar-refractivity contribution in [2.24, 2.45) is 0 Å². The maximum Gasteiger partial charge on any atom is 0.273 e. The highest BCUT2D eigenvalue weighted by Crippen LogP contribution is 2.20. The highest BCUT2D eigenvalue weighted by molar-refractivity contribution is 6.04. The van der Waals surface area contributed by atoms with Gasteiger partial charge >= 0.3 is 0 Å². The summed E-state index contributed by atoms with van der Waals surface area (Å²) in [6.45, 7) is 1.76. The molecule has 0 aromatic heterocycles. The Balaban J connectivity index is 1.47. The smallest absolute Gasteiger partial charge is 0.273 e. The van der Waals surface area contributed by atoms with E-state index in [1.807, 2.05) is 0 Å². The van der Waals surface area contributed by atoms with Gasteiger partial charge in [0.25, 0.3) is 23.4 Å². The van der Waals surface area contributed by atoms with Crippen LogP contribution in [-0.2, 0) is 0 Å². The molecule has 3 aromatic rings. The van der Waals surface area contributed by atoms with Crippen LogP contribution in [0.3, 0.4) is 0 Å². The second-order valence-corrected chi connectivity index (χ2v) is 7.26. The lowest BCUT2D eigenvalue weighted by atomic mass is 10.1. The second-order valence-electron chi connectivity index (χ2n) is 7.26. The molecular weight excluding hydrogens is 443 g/mol. The normalized spacial score (nSPS) is 10.3. The molecule has 0 aliphatic carbocycles. The van der Waals surface area contributed by atoms with Gasteiger partial charge in [-0.25, -0.2) is 4.39 Å². The van der Waals surface area contributed by atoms with Crippen LogP contribution in [0.25, 0.3) is 0 Å².